The van der Waals surface area contributed by atoms with E-state index in [1.165, 1.54) is 12.1 Å². The van der Waals surface area contributed by atoms with Gasteiger partial charge in [0.2, 0.25) is 0 Å². The summed E-state index contributed by atoms with van der Waals surface area (Å²) in [6.07, 6.45) is 4.36. The maximum absolute atomic E-state index is 13.2. The van der Waals surface area contributed by atoms with Crippen LogP contribution in [0.2, 0.25) is 0 Å². The molecule has 5 heteroatoms. The number of ether oxygens (including phenoxy) is 1. The number of para-hydroxylation sites is 2. The number of benzene rings is 2. The SMILES string of the molecule is O=C(Nc1ccccc1Oc1cccc(F)c1)NC1CCCC1. The molecule has 2 N–H and O–H groups in total. The van der Waals surface area contributed by atoms with Gasteiger partial charge in [-0.1, -0.05) is 31.0 Å². The highest BCUT2D eigenvalue weighted by atomic mass is 19.1. The van der Waals surface area contributed by atoms with Crippen molar-refractivity contribution in [3.8, 4) is 11.5 Å². The van der Waals surface area contributed by atoms with Crippen molar-refractivity contribution < 1.29 is 13.9 Å². The van der Waals surface area contributed by atoms with Crippen molar-refractivity contribution in [1.29, 1.82) is 0 Å². The Morgan fingerprint density at radius 3 is 2.65 bits per heavy atom. The molecule has 1 saturated carbocycles. The van der Waals surface area contributed by atoms with Gasteiger partial charge >= 0.3 is 6.03 Å². The van der Waals surface area contributed by atoms with Crippen LogP contribution in [-0.4, -0.2) is 12.1 Å². The lowest BCUT2D eigenvalue weighted by Gasteiger charge is -2.15. The molecule has 4 nitrogen and oxygen atoms in total. The van der Waals surface area contributed by atoms with Gasteiger partial charge in [0.05, 0.1) is 5.69 Å². The Labute approximate surface area is 134 Å². The number of carbonyl (C=O) groups is 1. The molecule has 2 aromatic carbocycles. The van der Waals surface area contributed by atoms with Crippen LogP contribution in [0.25, 0.3) is 0 Å². The van der Waals surface area contributed by atoms with E-state index in [0.29, 0.717) is 17.2 Å². The molecule has 1 fully saturated rings. The number of hydrogen-bond donors (Lipinski definition) is 2. The summed E-state index contributed by atoms with van der Waals surface area (Å²) in [4.78, 5) is 12.1. The summed E-state index contributed by atoms with van der Waals surface area (Å²) < 4.78 is 18.9. The van der Waals surface area contributed by atoms with Crippen molar-refractivity contribution in [1.82, 2.24) is 5.32 Å². The minimum Gasteiger partial charge on any atom is -0.455 e. The smallest absolute Gasteiger partial charge is 0.319 e. The summed E-state index contributed by atoms with van der Waals surface area (Å²) in [7, 11) is 0. The van der Waals surface area contributed by atoms with Crippen molar-refractivity contribution >= 4 is 11.7 Å². The van der Waals surface area contributed by atoms with E-state index in [1.54, 1.807) is 30.3 Å². The molecule has 3 rings (SSSR count). The van der Waals surface area contributed by atoms with Crippen molar-refractivity contribution in [2.24, 2.45) is 0 Å². The molecule has 1 aliphatic carbocycles. The molecule has 0 saturated heterocycles. The van der Waals surface area contributed by atoms with Crippen LogP contribution >= 0.6 is 0 Å². The summed E-state index contributed by atoms with van der Waals surface area (Å²) in [5, 5.41) is 5.77. The molecule has 0 heterocycles. The number of nitrogens with one attached hydrogen (secondary N) is 2. The Hall–Kier alpha value is -2.56. The van der Waals surface area contributed by atoms with E-state index in [4.69, 9.17) is 4.74 Å². The molecule has 0 atom stereocenters. The largest absolute Gasteiger partial charge is 0.455 e. The predicted octanol–water partition coefficient (Wildman–Crippen LogP) is 4.68. The fourth-order valence-electron chi connectivity index (χ4n) is 2.73. The first-order valence-corrected chi connectivity index (χ1v) is 7.81. The average Bonchev–Trinajstić information content (AvgIpc) is 3.02. The van der Waals surface area contributed by atoms with Gasteiger partial charge in [-0.05, 0) is 37.1 Å². The predicted molar refractivity (Wildman–Crippen MR) is 87.3 cm³/mol. The number of urea groups is 1. The molecule has 0 bridgehead atoms. The quantitative estimate of drug-likeness (QED) is 0.860. The first kappa shape index (κ1) is 15.3. The monoisotopic (exact) mass is 314 g/mol. The summed E-state index contributed by atoms with van der Waals surface area (Å²) in [6, 6.07) is 13.0. The van der Waals surface area contributed by atoms with Gasteiger partial charge in [-0.25, -0.2) is 9.18 Å². The highest BCUT2D eigenvalue weighted by Gasteiger charge is 2.17. The Kier molecular flexibility index (Phi) is 4.76. The van der Waals surface area contributed by atoms with Crippen molar-refractivity contribution in [2.45, 2.75) is 31.7 Å². The molecule has 120 valence electrons. The molecule has 0 unspecified atom stereocenters. The van der Waals surface area contributed by atoms with E-state index < -0.39 is 0 Å². The van der Waals surface area contributed by atoms with Crippen LogP contribution in [0.1, 0.15) is 25.7 Å². The van der Waals surface area contributed by atoms with Crippen molar-refractivity contribution in [3.63, 3.8) is 0 Å². The maximum atomic E-state index is 13.2. The van der Waals surface area contributed by atoms with Crippen molar-refractivity contribution in [3.05, 3.63) is 54.3 Å². The van der Waals surface area contributed by atoms with Crippen LogP contribution in [0.4, 0.5) is 14.9 Å². The van der Waals surface area contributed by atoms with Gasteiger partial charge in [-0.15, -0.1) is 0 Å². The normalized spacial score (nSPS) is 14.5. The highest BCUT2D eigenvalue weighted by Crippen LogP contribution is 2.29. The van der Waals surface area contributed by atoms with Gasteiger partial charge in [-0.3, -0.25) is 0 Å². The zero-order chi connectivity index (χ0) is 16.1. The van der Waals surface area contributed by atoms with Gasteiger partial charge in [0, 0.05) is 12.1 Å². The number of carbonyl (C=O) groups excluding carboxylic acids is 1. The zero-order valence-corrected chi connectivity index (χ0v) is 12.7. The van der Waals surface area contributed by atoms with Gasteiger partial charge in [0.25, 0.3) is 0 Å². The van der Waals surface area contributed by atoms with E-state index in [9.17, 15) is 9.18 Å². The van der Waals surface area contributed by atoms with Crippen LogP contribution in [0.5, 0.6) is 11.5 Å². The number of anilines is 1. The second-order valence-corrected chi connectivity index (χ2v) is 5.64. The minimum atomic E-state index is -0.369. The van der Waals surface area contributed by atoms with Crippen LogP contribution in [0.3, 0.4) is 0 Å². The van der Waals surface area contributed by atoms with E-state index >= 15 is 0 Å². The lowest BCUT2D eigenvalue weighted by molar-refractivity contribution is 0.248. The molecule has 0 radical (unpaired) electrons. The second kappa shape index (κ2) is 7.13. The van der Waals surface area contributed by atoms with Crippen LogP contribution in [0, 0.1) is 5.82 Å². The standard InChI is InChI=1S/C18H19FN2O2/c19-13-6-5-9-15(12-13)23-17-11-4-3-10-16(17)21-18(22)20-14-7-1-2-8-14/h3-6,9-12,14H,1-2,7-8H2,(H2,20,21,22). The van der Waals surface area contributed by atoms with Gasteiger partial charge in [0.1, 0.15) is 11.6 Å². The average molecular weight is 314 g/mol. The fourth-order valence-corrected chi connectivity index (χ4v) is 2.73. The van der Waals surface area contributed by atoms with Crippen LogP contribution < -0.4 is 15.4 Å². The molecule has 2 amide bonds. The summed E-state index contributed by atoms with van der Waals surface area (Å²) >= 11 is 0. The van der Waals surface area contributed by atoms with Gasteiger partial charge in [0.15, 0.2) is 5.75 Å². The highest BCUT2D eigenvalue weighted by molar-refractivity contribution is 5.91. The first-order valence-electron chi connectivity index (χ1n) is 7.81. The topological polar surface area (TPSA) is 50.4 Å². The van der Waals surface area contributed by atoms with Crippen LogP contribution in [-0.2, 0) is 0 Å². The molecular weight excluding hydrogens is 295 g/mol. The summed E-state index contributed by atoms with van der Waals surface area (Å²) in [6.45, 7) is 0. The summed E-state index contributed by atoms with van der Waals surface area (Å²) in [5.41, 5.74) is 0.548. The molecule has 0 aromatic heterocycles. The zero-order valence-electron chi connectivity index (χ0n) is 12.7. The third-order valence-electron chi connectivity index (χ3n) is 3.85. The van der Waals surface area contributed by atoms with E-state index in [0.717, 1.165) is 25.7 Å². The Morgan fingerprint density at radius 1 is 1.09 bits per heavy atom. The molecular formula is C18H19FN2O2. The second-order valence-electron chi connectivity index (χ2n) is 5.64. The lowest BCUT2D eigenvalue weighted by Crippen LogP contribution is -2.36. The molecule has 2 aromatic rings. The van der Waals surface area contributed by atoms with Gasteiger partial charge in [-0.2, -0.15) is 0 Å². The number of hydrogen-bond acceptors (Lipinski definition) is 2. The molecule has 0 spiro atoms. The van der Waals surface area contributed by atoms with Crippen LogP contribution in [0.15, 0.2) is 48.5 Å². The van der Waals surface area contributed by atoms with E-state index in [2.05, 4.69) is 10.6 Å². The van der Waals surface area contributed by atoms with Crippen molar-refractivity contribution in [2.75, 3.05) is 5.32 Å². The van der Waals surface area contributed by atoms with E-state index in [1.807, 2.05) is 6.07 Å². The Bertz CT molecular complexity index is 684. The third-order valence-corrected chi connectivity index (χ3v) is 3.85. The Morgan fingerprint density at radius 2 is 1.87 bits per heavy atom. The number of amides is 2. The maximum Gasteiger partial charge on any atom is 0.319 e. The Balaban J connectivity index is 1.68. The van der Waals surface area contributed by atoms with Gasteiger partial charge < -0.3 is 15.4 Å². The lowest BCUT2D eigenvalue weighted by atomic mass is 10.2. The minimum absolute atomic E-state index is 0.242. The molecule has 0 aliphatic heterocycles. The van der Waals surface area contributed by atoms with E-state index in [-0.39, 0.29) is 17.9 Å². The third kappa shape index (κ3) is 4.22. The number of halogens is 1. The number of rotatable bonds is 4. The molecule has 1 aliphatic rings. The molecule has 23 heavy (non-hydrogen) atoms. The first-order chi connectivity index (χ1) is 11.2. The fraction of sp³-hybridized carbons (Fsp3) is 0.278. The summed E-state index contributed by atoms with van der Waals surface area (Å²) in [5.74, 6) is 0.488.